The van der Waals surface area contributed by atoms with E-state index < -0.39 is 0 Å². The van der Waals surface area contributed by atoms with Crippen molar-refractivity contribution in [2.24, 2.45) is 5.92 Å². The molecule has 0 radical (unpaired) electrons. The van der Waals surface area contributed by atoms with E-state index in [4.69, 9.17) is 0 Å². The average Bonchev–Trinajstić information content (AvgIpc) is 2.98. The van der Waals surface area contributed by atoms with Gasteiger partial charge in [-0.2, -0.15) is 0 Å². The van der Waals surface area contributed by atoms with Gasteiger partial charge in [-0.25, -0.2) is 0 Å². The van der Waals surface area contributed by atoms with Gasteiger partial charge in [0.25, 0.3) is 0 Å². The summed E-state index contributed by atoms with van der Waals surface area (Å²) in [4.78, 5) is 0. The number of nitrogens with one attached hydrogen (secondary N) is 2. The molecule has 0 spiro atoms. The predicted molar refractivity (Wildman–Crippen MR) is 71.1 cm³/mol. The summed E-state index contributed by atoms with van der Waals surface area (Å²) in [5.74, 6) is 0.830. The fourth-order valence-corrected chi connectivity index (χ4v) is 3.44. The number of aliphatic hydroxyl groups excluding tert-OH is 1. The van der Waals surface area contributed by atoms with Gasteiger partial charge in [-0.15, -0.1) is 0 Å². The van der Waals surface area contributed by atoms with Crippen molar-refractivity contribution in [1.29, 1.82) is 0 Å². The lowest BCUT2D eigenvalue weighted by Crippen LogP contribution is -2.42. The number of hydrogen-bond donors (Lipinski definition) is 3. The molecular weight excluding hydrogens is 212 g/mol. The number of aliphatic hydroxyl groups is 1. The highest BCUT2D eigenvalue weighted by Gasteiger charge is 2.34. The van der Waals surface area contributed by atoms with Gasteiger partial charge in [0.15, 0.2) is 0 Å². The molecule has 2 rings (SSSR count). The van der Waals surface area contributed by atoms with Crippen LogP contribution in [0.25, 0.3) is 0 Å². The van der Waals surface area contributed by atoms with Crippen molar-refractivity contribution in [3.63, 3.8) is 0 Å². The van der Waals surface area contributed by atoms with Crippen LogP contribution in [0.4, 0.5) is 0 Å². The van der Waals surface area contributed by atoms with Gasteiger partial charge in [-0.05, 0) is 57.5 Å². The van der Waals surface area contributed by atoms with Gasteiger partial charge in [0, 0.05) is 12.1 Å². The van der Waals surface area contributed by atoms with Gasteiger partial charge in [0.1, 0.15) is 0 Å². The Kier molecular flexibility index (Phi) is 5.26. The van der Waals surface area contributed by atoms with E-state index in [2.05, 4.69) is 10.6 Å². The zero-order valence-corrected chi connectivity index (χ0v) is 11.1. The first-order chi connectivity index (χ1) is 8.31. The molecule has 3 nitrogen and oxygen atoms in total. The van der Waals surface area contributed by atoms with Crippen LogP contribution in [0.3, 0.4) is 0 Å². The van der Waals surface area contributed by atoms with Crippen LogP contribution in [0.5, 0.6) is 0 Å². The molecule has 0 amide bonds. The maximum atomic E-state index is 9.56. The van der Waals surface area contributed by atoms with Crippen LogP contribution in [0.2, 0.25) is 0 Å². The van der Waals surface area contributed by atoms with Gasteiger partial charge in [0.2, 0.25) is 0 Å². The maximum Gasteiger partial charge on any atom is 0.0549 e. The van der Waals surface area contributed by atoms with Crippen LogP contribution in [0, 0.1) is 5.92 Å². The largest absolute Gasteiger partial charge is 0.393 e. The fourth-order valence-electron chi connectivity index (χ4n) is 3.44. The normalized spacial score (nSPS) is 35.3. The minimum atomic E-state index is -0.119. The fraction of sp³-hybridized carbons (Fsp3) is 1.00. The smallest absolute Gasteiger partial charge is 0.0549 e. The monoisotopic (exact) mass is 240 g/mol. The number of hydrogen-bond acceptors (Lipinski definition) is 3. The van der Waals surface area contributed by atoms with E-state index in [0.717, 1.165) is 31.3 Å². The molecular formula is C14H28N2O. The summed E-state index contributed by atoms with van der Waals surface area (Å²) in [7, 11) is 0. The van der Waals surface area contributed by atoms with Gasteiger partial charge >= 0.3 is 0 Å². The summed E-state index contributed by atoms with van der Waals surface area (Å²) in [6, 6.07) is 1.45. The van der Waals surface area contributed by atoms with E-state index in [0.29, 0.717) is 6.04 Å². The summed E-state index contributed by atoms with van der Waals surface area (Å²) in [5.41, 5.74) is 0. The Morgan fingerprint density at radius 3 is 2.88 bits per heavy atom. The molecule has 4 unspecified atom stereocenters. The highest BCUT2D eigenvalue weighted by Crippen LogP contribution is 2.31. The Labute approximate surface area is 105 Å². The van der Waals surface area contributed by atoms with Crippen LogP contribution in [0.1, 0.15) is 51.9 Å². The quantitative estimate of drug-likeness (QED) is 0.661. The second kappa shape index (κ2) is 6.72. The molecule has 17 heavy (non-hydrogen) atoms. The molecule has 1 heterocycles. The molecule has 1 saturated heterocycles. The van der Waals surface area contributed by atoms with Crippen LogP contribution < -0.4 is 10.6 Å². The van der Waals surface area contributed by atoms with Crippen molar-refractivity contribution in [3.8, 4) is 0 Å². The maximum absolute atomic E-state index is 9.56. The summed E-state index contributed by atoms with van der Waals surface area (Å²) in [6.07, 6.45) is 8.45. The Morgan fingerprint density at radius 1 is 1.29 bits per heavy atom. The van der Waals surface area contributed by atoms with Gasteiger partial charge < -0.3 is 15.7 Å². The molecule has 2 aliphatic rings. The van der Waals surface area contributed by atoms with Crippen molar-refractivity contribution in [2.45, 2.75) is 70.1 Å². The van der Waals surface area contributed by atoms with E-state index in [-0.39, 0.29) is 6.10 Å². The van der Waals surface area contributed by atoms with Crippen molar-refractivity contribution in [3.05, 3.63) is 0 Å². The van der Waals surface area contributed by atoms with E-state index in [1.807, 2.05) is 6.92 Å². The molecule has 100 valence electrons. The lowest BCUT2D eigenvalue weighted by Gasteiger charge is -2.27. The van der Waals surface area contributed by atoms with Crippen LogP contribution in [-0.2, 0) is 0 Å². The van der Waals surface area contributed by atoms with Gasteiger partial charge in [-0.1, -0.05) is 13.3 Å². The van der Waals surface area contributed by atoms with Gasteiger partial charge in [0.05, 0.1) is 6.10 Å². The minimum Gasteiger partial charge on any atom is -0.393 e. The first kappa shape index (κ1) is 13.3. The third kappa shape index (κ3) is 3.67. The second-order valence-corrected chi connectivity index (χ2v) is 5.71. The van der Waals surface area contributed by atoms with E-state index in [9.17, 15) is 5.11 Å². The summed E-state index contributed by atoms with van der Waals surface area (Å²) in [6.45, 7) is 4.23. The standard InChI is InChI=1S/C14H28N2O/c1-2-11(17)8-10-16-13-6-3-5-12(13)14-7-4-9-15-14/h11-17H,2-10H2,1H3. The molecule has 0 aromatic heterocycles. The third-order valence-electron chi connectivity index (χ3n) is 4.54. The van der Waals surface area contributed by atoms with Crippen molar-refractivity contribution in [1.82, 2.24) is 10.6 Å². The minimum absolute atomic E-state index is 0.119. The highest BCUT2D eigenvalue weighted by atomic mass is 16.3. The van der Waals surface area contributed by atoms with Crippen molar-refractivity contribution < 1.29 is 5.11 Å². The zero-order chi connectivity index (χ0) is 12.1. The molecule has 3 N–H and O–H groups in total. The lowest BCUT2D eigenvalue weighted by atomic mass is 9.93. The molecule has 1 aliphatic heterocycles. The molecule has 0 bridgehead atoms. The summed E-state index contributed by atoms with van der Waals surface area (Å²) in [5, 5.41) is 16.9. The van der Waals surface area contributed by atoms with E-state index >= 15 is 0 Å². The topological polar surface area (TPSA) is 44.3 Å². The molecule has 3 heteroatoms. The Hall–Kier alpha value is -0.120. The van der Waals surface area contributed by atoms with Crippen LogP contribution in [0.15, 0.2) is 0 Å². The number of rotatable bonds is 6. The Morgan fingerprint density at radius 2 is 2.18 bits per heavy atom. The highest BCUT2D eigenvalue weighted by molar-refractivity contribution is 4.93. The average molecular weight is 240 g/mol. The molecule has 0 aromatic carbocycles. The first-order valence-electron chi connectivity index (χ1n) is 7.46. The molecule has 4 atom stereocenters. The Bertz CT molecular complexity index is 216. The Balaban J connectivity index is 1.71. The van der Waals surface area contributed by atoms with Crippen LogP contribution in [-0.4, -0.2) is 36.4 Å². The van der Waals surface area contributed by atoms with Crippen molar-refractivity contribution >= 4 is 0 Å². The van der Waals surface area contributed by atoms with E-state index in [1.165, 1.54) is 38.6 Å². The van der Waals surface area contributed by atoms with E-state index in [1.54, 1.807) is 0 Å². The zero-order valence-electron chi connectivity index (χ0n) is 11.1. The van der Waals surface area contributed by atoms with Crippen LogP contribution >= 0.6 is 0 Å². The second-order valence-electron chi connectivity index (χ2n) is 5.71. The molecule has 1 saturated carbocycles. The summed E-state index contributed by atoms with van der Waals surface area (Å²) < 4.78 is 0. The third-order valence-corrected chi connectivity index (χ3v) is 4.54. The first-order valence-corrected chi connectivity index (χ1v) is 7.46. The molecule has 1 aliphatic carbocycles. The van der Waals surface area contributed by atoms with Gasteiger partial charge in [-0.3, -0.25) is 0 Å². The molecule has 2 fully saturated rings. The molecule has 0 aromatic rings. The lowest BCUT2D eigenvalue weighted by molar-refractivity contribution is 0.157. The SMILES string of the molecule is CCC(O)CCNC1CCCC1C1CCCN1. The van der Waals surface area contributed by atoms with Crippen molar-refractivity contribution in [2.75, 3.05) is 13.1 Å². The predicted octanol–water partition coefficient (Wildman–Crippen LogP) is 1.66. The summed E-state index contributed by atoms with van der Waals surface area (Å²) >= 11 is 0.